The molecule has 256 valence electrons. The molecule has 0 bridgehead atoms. The lowest BCUT2D eigenvalue weighted by molar-refractivity contribution is -0.137. The summed E-state index contributed by atoms with van der Waals surface area (Å²) in [6, 6.07) is 11.2. The van der Waals surface area contributed by atoms with E-state index in [0.29, 0.717) is 17.1 Å². The van der Waals surface area contributed by atoms with E-state index < -0.39 is 50.2 Å². The van der Waals surface area contributed by atoms with Crippen LogP contribution in [-0.2, 0) is 28.3 Å². The van der Waals surface area contributed by atoms with Crippen molar-refractivity contribution in [3.05, 3.63) is 101 Å². The summed E-state index contributed by atoms with van der Waals surface area (Å²) in [6.45, 7) is -0.296. The molecule has 1 aromatic heterocycles. The number of nitrogens with one attached hydrogen (secondary N) is 1. The Morgan fingerprint density at radius 3 is 2.54 bits per heavy atom. The number of nitrogens with two attached hydrogens (primary N) is 1. The summed E-state index contributed by atoms with van der Waals surface area (Å²) in [6.07, 6.45) is -1.94. The average Bonchev–Trinajstić information content (AvgIpc) is 3.06. The highest BCUT2D eigenvalue weighted by atomic mass is 35.5. The molecule has 3 atom stereocenters. The maximum Gasteiger partial charge on any atom is 0.416 e. The number of sulfonamides is 1. The molecule has 1 heterocycles. The SMILES string of the molecule is COc1ccc(CN(c2ccncn2)S(=O)(=O)c2cc(Cl)c(N[C@@H]3CC[C@](O)(c4cccc(C(F)(F)F)c4)CC3N)cc2F)c(OC)c1. The first kappa shape index (κ1) is 35.1. The maximum atomic E-state index is 15.8. The van der Waals surface area contributed by atoms with Gasteiger partial charge in [-0.05, 0) is 61.2 Å². The minimum absolute atomic E-state index is 0.0398. The van der Waals surface area contributed by atoms with Gasteiger partial charge >= 0.3 is 6.18 Å². The van der Waals surface area contributed by atoms with Crippen LogP contribution in [0.1, 0.15) is 36.0 Å². The Morgan fingerprint density at radius 2 is 1.90 bits per heavy atom. The topological polar surface area (TPSA) is 140 Å². The number of rotatable bonds is 10. The molecule has 3 aromatic carbocycles. The molecular formula is C32H32ClF4N5O5S. The molecule has 10 nitrogen and oxygen atoms in total. The van der Waals surface area contributed by atoms with E-state index in [1.807, 2.05) is 0 Å². The number of alkyl halides is 3. The van der Waals surface area contributed by atoms with Gasteiger partial charge in [-0.1, -0.05) is 23.7 Å². The van der Waals surface area contributed by atoms with Crippen LogP contribution in [0.5, 0.6) is 11.5 Å². The van der Waals surface area contributed by atoms with E-state index in [9.17, 15) is 26.7 Å². The maximum absolute atomic E-state index is 15.8. The standard InChI is InChI=1S/C32H32ClF4N5O5S/c1-46-22-7-6-19(28(13-22)47-2)17-42(30-9-11-39-18-40-30)48(44,45)29-14-23(33)27(15-24(29)34)41-26-8-10-31(43,16-25(26)38)20-4-3-5-21(12-20)32(35,36)37/h3-7,9,11-15,18,25-26,41,43H,8,10,16-17,38H2,1-2H3/t25?,26-,31-/m1/s1. The van der Waals surface area contributed by atoms with Crippen LogP contribution < -0.4 is 24.8 Å². The van der Waals surface area contributed by atoms with E-state index in [4.69, 9.17) is 26.8 Å². The number of anilines is 2. The van der Waals surface area contributed by atoms with E-state index in [1.54, 1.807) is 18.2 Å². The van der Waals surface area contributed by atoms with E-state index in [2.05, 4.69) is 15.3 Å². The normalized spacial score (nSPS) is 19.9. The van der Waals surface area contributed by atoms with Crippen LogP contribution in [0, 0.1) is 5.82 Å². The van der Waals surface area contributed by atoms with Gasteiger partial charge in [0.1, 0.15) is 34.4 Å². The number of methoxy groups -OCH3 is 2. The van der Waals surface area contributed by atoms with Crippen molar-refractivity contribution in [2.45, 2.75) is 54.6 Å². The quantitative estimate of drug-likeness (QED) is 0.172. The lowest BCUT2D eigenvalue weighted by Crippen LogP contribution is -2.50. The monoisotopic (exact) mass is 709 g/mol. The number of benzene rings is 3. The van der Waals surface area contributed by atoms with Crippen molar-refractivity contribution >= 4 is 33.1 Å². The van der Waals surface area contributed by atoms with Gasteiger partial charge in [-0.15, -0.1) is 0 Å². The molecule has 1 unspecified atom stereocenters. The molecule has 48 heavy (non-hydrogen) atoms. The van der Waals surface area contributed by atoms with E-state index >= 15 is 4.39 Å². The predicted molar refractivity (Wildman–Crippen MR) is 171 cm³/mol. The largest absolute Gasteiger partial charge is 0.497 e. The zero-order chi connectivity index (χ0) is 34.9. The lowest BCUT2D eigenvalue weighted by atomic mass is 9.75. The molecule has 1 aliphatic carbocycles. The smallest absolute Gasteiger partial charge is 0.416 e. The first-order valence-corrected chi connectivity index (χ1v) is 16.4. The highest BCUT2D eigenvalue weighted by molar-refractivity contribution is 7.92. The van der Waals surface area contributed by atoms with Gasteiger partial charge in [0.05, 0.1) is 42.6 Å². The highest BCUT2D eigenvalue weighted by Gasteiger charge is 2.41. The average molecular weight is 710 g/mol. The Morgan fingerprint density at radius 1 is 1.12 bits per heavy atom. The number of hydrogen-bond acceptors (Lipinski definition) is 9. The zero-order valence-corrected chi connectivity index (χ0v) is 27.3. The molecule has 1 fully saturated rings. The molecule has 4 N–H and O–H groups in total. The summed E-state index contributed by atoms with van der Waals surface area (Å²) >= 11 is 6.51. The second-order valence-corrected chi connectivity index (χ2v) is 13.5. The number of nitrogens with zero attached hydrogens (tertiary/aromatic N) is 3. The number of halogens is 5. The van der Waals surface area contributed by atoms with Crippen molar-refractivity contribution in [2.75, 3.05) is 23.8 Å². The van der Waals surface area contributed by atoms with E-state index in [-0.39, 0.29) is 47.9 Å². The first-order chi connectivity index (χ1) is 22.7. The van der Waals surface area contributed by atoms with E-state index in [0.717, 1.165) is 34.9 Å². The summed E-state index contributed by atoms with van der Waals surface area (Å²) in [5.41, 5.74) is 4.41. The fourth-order valence-electron chi connectivity index (χ4n) is 5.68. The summed E-state index contributed by atoms with van der Waals surface area (Å²) in [4.78, 5) is 7.19. The molecule has 4 aromatic rings. The van der Waals surface area contributed by atoms with Crippen LogP contribution in [0.4, 0.5) is 29.1 Å². The first-order valence-electron chi connectivity index (χ1n) is 14.6. The minimum atomic E-state index is -4.64. The number of aromatic nitrogens is 2. The Hall–Kier alpha value is -4.18. The molecule has 0 saturated heterocycles. The third kappa shape index (κ3) is 7.28. The Kier molecular flexibility index (Phi) is 10.1. The van der Waals surface area contributed by atoms with Gasteiger partial charge < -0.3 is 25.6 Å². The second kappa shape index (κ2) is 13.7. The van der Waals surface area contributed by atoms with Crippen LogP contribution in [0.15, 0.2) is 78.1 Å². The third-order valence-corrected chi connectivity index (χ3v) is 10.3. The third-order valence-electron chi connectivity index (χ3n) is 8.25. The molecule has 0 amide bonds. The number of aliphatic hydroxyl groups is 1. The predicted octanol–water partition coefficient (Wildman–Crippen LogP) is 5.88. The lowest BCUT2D eigenvalue weighted by Gasteiger charge is -2.41. The van der Waals surface area contributed by atoms with Crippen molar-refractivity contribution in [3.8, 4) is 11.5 Å². The number of ether oxygens (including phenoxy) is 2. The van der Waals surface area contributed by atoms with Crippen molar-refractivity contribution < 1.29 is 40.6 Å². The van der Waals surface area contributed by atoms with Crippen molar-refractivity contribution in [1.29, 1.82) is 0 Å². The van der Waals surface area contributed by atoms with E-state index in [1.165, 1.54) is 38.6 Å². The Balaban J connectivity index is 1.40. The van der Waals surface area contributed by atoms with Crippen LogP contribution in [-0.4, -0.2) is 49.8 Å². The second-order valence-electron chi connectivity index (χ2n) is 11.3. The van der Waals surface area contributed by atoms with Crippen LogP contribution in [0.3, 0.4) is 0 Å². The van der Waals surface area contributed by atoms with Gasteiger partial charge in [0.2, 0.25) is 0 Å². The van der Waals surface area contributed by atoms with Gasteiger partial charge in [0.25, 0.3) is 10.0 Å². The van der Waals surface area contributed by atoms with Gasteiger partial charge in [0.15, 0.2) is 0 Å². The van der Waals surface area contributed by atoms with Gasteiger partial charge in [-0.2, -0.15) is 13.2 Å². The molecule has 0 spiro atoms. The molecule has 1 aliphatic rings. The molecule has 16 heteroatoms. The Bertz CT molecular complexity index is 1890. The van der Waals surface area contributed by atoms with Gasteiger partial charge in [0, 0.05) is 36.0 Å². The fraction of sp³-hybridized carbons (Fsp3) is 0.312. The van der Waals surface area contributed by atoms with Crippen LogP contribution in [0.2, 0.25) is 5.02 Å². The summed E-state index contributed by atoms with van der Waals surface area (Å²) in [7, 11) is -1.75. The molecule has 0 radical (unpaired) electrons. The zero-order valence-electron chi connectivity index (χ0n) is 25.7. The van der Waals surface area contributed by atoms with Crippen LogP contribution >= 0.6 is 11.6 Å². The van der Waals surface area contributed by atoms with Gasteiger partial charge in [-0.3, -0.25) is 0 Å². The minimum Gasteiger partial charge on any atom is -0.497 e. The van der Waals surface area contributed by atoms with Gasteiger partial charge in [-0.25, -0.2) is 27.1 Å². The van der Waals surface area contributed by atoms with Crippen molar-refractivity contribution in [2.24, 2.45) is 5.73 Å². The summed E-state index contributed by atoms with van der Waals surface area (Å²) < 4.78 is 95.3. The molecule has 0 aliphatic heterocycles. The molecule has 5 rings (SSSR count). The fourth-order valence-corrected chi connectivity index (χ4v) is 7.44. The molecular weight excluding hydrogens is 678 g/mol. The summed E-state index contributed by atoms with van der Waals surface area (Å²) in [5.74, 6) is -0.356. The Labute approximate surface area is 279 Å². The highest BCUT2D eigenvalue weighted by Crippen LogP contribution is 2.41. The van der Waals surface area contributed by atoms with Crippen LogP contribution in [0.25, 0.3) is 0 Å². The number of hydrogen-bond donors (Lipinski definition) is 3. The van der Waals surface area contributed by atoms with Crippen molar-refractivity contribution in [3.63, 3.8) is 0 Å². The summed E-state index contributed by atoms with van der Waals surface area (Å²) in [5, 5.41) is 14.2. The molecule has 1 saturated carbocycles. The van der Waals surface area contributed by atoms with Crippen molar-refractivity contribution in [1.82, 2.24) is 9.97 Å².